The van der Waals surface area contributed by atoms with Gasteiger partial charge in [-0.1, -0.05) is 29.5 Å². The zero-order valence-corrected chi connectivity index (χ0v) is 11.6. The molecule has 100 valence electrons. The van der Waals surface area contributed by atoms with Crippen molar-refractivity contribution in [1.29, 1.82) is 0 Å². The minimum Gasteiger partial charge on any atom is -0.481 e. The smallest absolute Gasteiger partial charge is 0.304 e. The van der Waals surface area contributed by atoms with Gasteiger partial charge >= 0.3 is 5.97 Å². The van der Waals surface area contributed by atoms with Crippen molar-refractivity contribution in [3.63, 3.8) is 0 Å². The van der Waals surface area contributed by atoms with Gasteiger partial charge in [-0.05, 0) is 26.0 Å². The summed E-state index contributed by atoms with van der Waals surface area (Å²) in [6, 6.07) is 8.07. The van der Waals surface area contributed by atoms with Crippen molar-refractivity contribution < 1.29 is 9.90 Å². The van der Waals surface area contributed by atoms with E-state index in [0.29, 0.717) is 5.75 Å². The molecular formula is C13H15N3O2S. The lowest BCUT2D eigenvalue weighted by atomic mass is 10.2. The molecule has 0 unspecified atom stereocenters. The minimum absolute atomic E-state index is 0.116. The van der Waals surface area contributed by atoms with Crippen LogP contribution in [0.2, 0.25) is 0 Å². The fraction of sp³-hybridized carbons (Fsp3) is 0.308. The number of aryl methyl sites for hydroxylation is 2. The lowest BCUT2D eigenvalue weighted by Gasteiger charge is -2.08. The molecule has 0 radical (unpaired) electrons. The topological polar surface area (TPSA) is 68.0 Å². The predicted octanol–water partition coefficient (Wildman–Crippen LogP) is 2.45. The van der Waals surface area contributed by atoms with Gasteiger partial charge in [-0.2, -0.15) is 0 Å². The summed E-state index contributed by atoms with van der Waals surface area (Å²) >= 11 is 1.40. The van der Waals surface area contributed by atoms with Gasteiger partial charge in [-0.15, -0.1) is 10.2 Å². The SMILES string of the molecule is Cc1ccc(-n2c(C)nnc2SCCC(=O)O)cc1. The van der Waals surface area contributed by atoms with Crippen LogP contribution in [0.15, 0.2) is 29.4 Å². The van der Waals surface area contributed by atoms with E-state index >= 15 is 0 Å². The second kappa shape index (κ2) is 5.88. The molecular weight excluding hydrogens is 262 g/mol. The van der Waals surface area contributed by atoms with Crippen LogP contribution >= 0.6 is 11.8 Å². The van der Waals surface area contributed by atoms with E-state index < -0.39 is 5.97 Å². The average molecular weight is 277 g/mol. The van der Waals surface area contributed by atoms with E-state index in [1.165, 1.54) is 17.3 Å². The van der Waals surface area contributed by atoms with E-state index in [-0.39, 0.29) is 6.42 Å². The van der Waals surface area contributed by atoms with Crippen LogP contribution in [0.1, 0.15) is 17.8 Å². The first-order valence-corrected chi connectivity index (χ1v) is 6.90. The molecule has 6 heteroatoms. The highest BCUT2D eigenvalue weighted by Crippen LogP contribution is 2.22. The molecule has 0 spiro atoms. The maximum atomic E-state index is 10.5. The first kappa shape index (κ1) is 13.6. The van der Waals surface area contributed by atoms with Gasteiger partial charge in [0.2, 0.25) is 0 Å². The van der Waals surface area contributed by atoms with Crippen LogP contribution in [0.3, 0.4) is 0 Å². The van der Waals surface area contributed by atoms with Crippen LogP contribution < -0.4 is 0 Å². The number of nitrogens with zero attached hydrogens (tertiary/aromatic N) is 3. The molecule has 0 saturated carbocycles. The third-order valence-electron chi connectivity index (χ3n) is 2.63. The molecule has 1 aromatic carbocycles. The van der Waals surface area contributed by atoms with E-state index in [1.807, 2.05) is 42.7 Å². The second-order valence-electron chi connectivity index (χ2n) is 4.19. The predicted molar refractivity (Wildman–Crippen MR) is 73.8 cm³/mol. The number of aromatic nitrogens is 3. The molecule has 0 atom stereocenters. The molecule has 5 nitrogen and oxygen atoms in total. The van der Waals surface area contributed by atoms with E-state index in [2.05, 4.69) is 10.2 Å². The molecule has 0 aliphatic rings. The van der Waals surface area contributed by atoms with E-state index in [9.17, 15) is 4.79 Å². The molecule has 2 aromatic rings. The van der Waals surface area contributed by atoms with Gasteiger partial charge in [0.05, 0.1) is 6.42 Å². The summed E-state index contributed by atoms with van der Waals surface area (Å²) in [6.07, 6.45) is 0.116. The van der Waals surface area contributed by atoms with Gasteiger partial charge in [0, 0.05) is 11.4 Å². The fourth-order valence-corrected chi connectivity index (χ4v) is 2.58. The van der Waals surface area contributed by atoms with Crippen molar-refractivity contribution in [1.82, 2.24) is 14.8 Å². The molecule has 0 aliphatic carbocycles. The number of rotatable bonds is 5. The molecule has 2 rings (SSSR count). The maximum absolute atomic E-state index is 10.5. The zero-order valence-electron chi connectivity index (χ0n) is 10.8. The summed E-state index contributed by atoms with van der Waals surface area (Å²) in [6.45, 7) is 3.92. The monoisotopic (exact) mass is 277 g/mol. The lowest BCUT2D eigenvalue weighted by Crippen LogP contribution is -2.01. The van der Waals surface area contributed by atoms with Crippen LogP contribution in [0, 0.1) is 13.8 Å². The number of thioether (sulfide) groups is 1. The number of hydrogen-bond acceptors (Lipinski definition) is 4. The Balaban J connectivity index is 2.22. The Morgan fingerprint density at radius 2 is 1.95 bits per heavy atom. The zero-order chi connectivity index (χ0) is 13.8. The van der Waals surface area contributed by atoms with E-state index in [0.717, 1.165) is 16.7 Å². The highest BCUT2D eigenvalue weighted by molar-refractivity contribution is 7.99. The molecule has 1 heterocycles. The number of carboxylic acids is 1. The highest BCUT2D eigenvalue weighted by atomic mass is 32.2. The number of benzene rings is 1. The van der Waals surface area contributed by atoms with Crippen LogP contribution in [0.5, 0.6) is 0 Å². The van der Waals surface area contributed by atoms with Gasteiger partial charge in [-0.3, -0.25) is 9.36 Å². The summed E-state index contributed by atoms with van der Waals surface area (Å²) < 4.78 is 1.94. The van der Waals surface area contributed by atoms with Crippen molar-refractivity contribution in [3.05, 3.63) is 35.7 Å². The van der Waals surface area contributed by atoms with Gasteiger partial charge < -0.3 is 5.11 Å². The normalized spacial score (nSPS) is 10.6. The molecule has 1 N–H and O–H groups in total. The quantitative estimate of drug-likeness (QED) is 0.850. The standard InChI is InChI=1S/C13H15N3O2S/c1-9-3-5-11(6-4-9)16-10(2)14-15-13(16)19-8-7-12(17)18/h3-6H,7-8H2,1-2H3,(H,17,18). The van der Waals surface area contributed by atoms with E-state index in [1.54, 1.807) is 0 Å². The summed E-state index contributed by atoms with van der Waals surface area (Å²) in [7, 11) is 0. The van der Waals surface area contributed by atoms with Gasteiger partial charge in [0.1, 0.15) is 5.82 Å². The van der Waals surface area contributed by atoms with Crippen molar-refractivity contribution >= 4 is 17.7 Å². The Labute approximate surface area is 115 Å². The fourth-order valence-electron chi connectivity index (χ4n) is 1.66. The van der Waals surface area contributed by atoms with Crippen molar-refractivity contribution in [2.75, 3.05) is 5.75 Å². The van der Waals surface area contributed by atoms with Crippen LogP contribution in [-0.4, -0.2) is 31.6 Å². The third kappa shape index (κ3) is 3.35. The number of aliphatic carboxylic acids is 1. The Bertz CT molecular complexity index is 578. The molecule has 0 saturated heterocycles. The summed E-state index contributed by atoms with van der Waals surface area (Å²) in [5, 5.41) is 17.5. The molecule has 0 bridgehead atoms. The summed E-state index contributed by atoms with van der Waals surface area (Å²) in [5.41, 5.74) is 2.18. The van der Waals surface area contributed by atoms with Crippen LogP contribution in [-0.2, 0) is 4.79 Å². The lowest BCUT2D eigenvalue weighted by molar-refractivity contribution is -0.136. The van der Waals surface area contributed by atoms with Gasteiger partial charge in [0.15, 0.2) is 5.16 Å². The van der Waals surface area contributed by atoms with Gasteiger partial charge in [-0.25, -0.2) is 0 Å². The number of hydrogen-bond donors (Lipinski definition) is 1. The maximum Gasteiger partial charge on any atom is 0.304 e. The van der Waals surface area contributed by atoms with Crippen molar-refractivity contribution in [2.45, 2.75) is 25.4 Å². The second-order valence-corrected chi connectivity index (χ2v) is 5.26. The highest BCUT2D eigenvalue weighted by Gasteiger charge is 2.11. The Hall–Kier alpha value is -1.82. The van der Waals surface area contributed by atoms with Crippen molar-refractivity contribution in [3.8, 4) is 5.69 Å². The molecule has 0 aliphatic heterocycles. The minimum atomic E-state index is -0.800. The third-order valence-corrected chi connectivity index (χ3v) is 3.57. The Kier molecular flexibility index (Phi) is 4.21. The molecule has 0 amide bonds. The van der Waals surface area contributed by atoms with Crippen LogP contribution in [0.4, 0.5) is 0 Å². The van der Waals surface area contributed by atoms with Gasteiger partial charge in [0.25, 0.3) is 0 Å². The first-order valence-electron chi connectivity index (χ1n) is 5.91. The average Bonchev–Trinajstić information content (AvgIpc) is 2.72. The largest absolute Gasteiger partial charge is 0.481 e. The molecule has 0 fully saturated rings. The number of carbonyl (C=O) groups is 1. The Morgan fingerprint density at radius 1 is 1.26 bits per heavy atom. The van der Waals surface area contributed by atoms with Crippen molar-refractivity contribution in [2.24, 2.45) is 0 Å². The summed E-state index contributed by atoms with van der Waals surface area (Å²) in [5.74, 6) is 0.478. The number of carboxylic acid groups (broad SMARTS) is 1. The van der Waals surface area contributed by atoms with Crippen LogP contribution in [0.25, 0.3) is 5.69 Å². The Morgan fingerprint density at radius 3 is 2.58 bits per heavy atom. The first-order chi connectivity index (χ1) is 9.08. The molecule has 1 aromatic heterocycles. The molecule has 19 heavy (non-hydrogen) atoms. The van der Waals surface area contributed by atoms with E-state index in [4.69, 9.17) is 5.11 Å². The summed E-state index contributed by atoms with van der Waals surface area (Å²) in [4.78, 5) is 10.5.